The molecule has 1 aromatic carbocycles. The predicted octanol–water partition coefficient (Wildman–Crippen LogP) is 4.34. The van der Waals surface area contributed by atoms with Crippen molar-refractivity contribution in [1.82, 2.24) is 14.8 Å². The van der Waals surface area contributed by atoms with Gasteiger partial charge in [0.2, 0.25) is 5.13 Å². The van der Waals surface area contributed by atoms with Crippen molar-refractivity contribution in [3.05, 3.63) is 40.7 Å². The van der Waals surface area contributed by atoms with Crippen molar-refractivity contribution in [2.45, 2.75) is 20.3 Å². The molecule has 98 valence electrons. The molecule has 0 aliphatic heterocycles. The Kier molecular flexibility index (Phi) is 3.24. The van der Waals surface area contributed by atoms with Crippen LogP contribution in [0.4, 0.5) is 0 Å². The minimum absolute atomic E-state index is 0.608. The predicted molar refractivity (Wildman–Crippen MR) is 82.7 cm³/mol. The molecule has 0 bridgehead atoms. The second kappa shape index (κ2) is 4.90. The minimum atomic E-state index is 0.608. The van der Waals surface area contributed by atoms with Crippen molar-refractivity contribution in [3.63, 3.8) is 0 Å². The van der Waals surface area contributed by atoms with Gasteiger partial charge in [0, 0.05) is 5.69 Å². The van der Waals surface area contributed by atoms with Gasteiger partial charge in [-0.2, -0.15) is 0 Å². The highest BCUT2D eigenvalue weighted by Gasteiger charge is 2.09. The largest absolute Gasteiger partial charge is 0.295 e. The monoisotopic (exact) mass is 289 g/mol. The lowest BCUT2D eigenvalue weighted by molar-refractivity contribution is 0.628. The van der Waals surface area contributed by atoms with Gasteiger partial charge in [-0.1, -0.05) is 49.5 Å². The van der Waals surface area contributed by atoms with E-state index in [9.17, 15) is 0 Å². The van der Waals surface area contributed by atoms with Crippen molar-refractivity contribution in [3.8, 4) is 5.13 Å². The maximum atomic E-state index is 5.41. The third kappa shape index (κ3) is 2.48. The zero-order chi connectivity index (χ0) is 13.4. The molecule has 0 amide bonds. The third-order valence-electron chi connectivity index (χ3n) is 2.88. The van der Waals surface area contributed by atoms with Crippen LogP contribution in [0.2, 0.25) is 0 Å². The first-order valence-electron chi connectivity index (χ1n) is 6.30. The highest BCUT2D eigenvalue weighted by Crippen LogP contribution is 2.24. The Labute approximate surface area is 120 Å². The Morgan fingerprint density at radius 3 is 2.89 bits per heavy atom. The van der Waals surface area contributed by atoms with Gasteiger partial charge in [-0.25, -0.2) is 9.67 Å². The number of H-pyrrole nitrogens is 1. The number of aromatic nitrogens is 3. The zero-order valence-electron chi connectivity index (χ0n) is 10.9. The Morgan fingerprint density at radius 1 is 1.37 bits per heavy atom. The summed E-state index contributed by atoms with van der Waals surface area (Å²) in [5, 5.41) is 4.25. The second-order valence-corrected chi connectivity index (χ2v) is 6.44. The molecule has 3 nitrogen and oxygen atoms in total. The summed E-state index contributed by atoms with van der Waals surface area (Å²) in [6, 6.07) is 10.2. The normalized spacial score (nSPS) is 11.5. The van der Waals surface area contributed by atoms with Crippen LogP contribution in [-0.2, 0) is 6.42 Å². The van der Waals surface area contributed by atoms with E-state index >= 15 is 0 Å². The third-order valence-corrected chi connectivity index (χ3v) is 4.20. The maximum absolute atomic E-state index is 5.41. The number of para-hydroxylation sites is 1. The van der Waals surface area contributed by atoms with Gasteiger partial charge >= 0.3 is 0 Å². The standard InChI is InChI=1S/C14H15N3S2/c1-9(2)7-10-8-13(18)17(16-10)14-15-11-5-3-4-6-12(11)19-14/h3-6,8-9,16H,7H2,1-2H3. The van der Waals surface area contributed by atoms with Crippen molar-refractivity contribution in [2.75, 3.05) is 0 Å². The lowest BCUT2D eigenvalue weighted by Crippen LogP contribution is -1.99. The van der Waals surface area contributed by atoms with Gasteiger partial charge in [-0.15, -0.1) is 0 Å². The Morgan fingerprint density at radius 2 is 2.16 bits per heavy atom. The van der Waals surface area contributed by atoms with E-state index in [4.69, 9.17) is 12.2 Å². The molecule has 0 unspecified atom stereocenters. The van der Waals surface area contributed by atoms with E-state index in [0.717, 1.165) is 21.7 Å². The molecule has 3 aromatic rings. The number of hydrogen-bond acceptors (Lipinski definition) is 3. The summed E-state index contributed by atoms with van der Waals surface area (Å²) in [7, 11) is 0. The molecule has 0 aliphatic rings. The van der Waals surface area contributed by atoms with Crippen LogP contribution in [0.5, 0.6) is 0 Å². The average Bonchev–Trinajstić information content (AvgIpc) is 2.91. The van der Waals surface area contributed by atoms with Crippen LogP contribution in [0.15, 0.2) is 30.3 Å². The molecule has 5 heteroatoms. The van der Waals surface area contributed by atoms with Crippen LogP contribution in [0.1, 0.15) is 19.5 Å². The molecular weight excluding hydrogens is 274 g/mol. The van der Waals surface area contributed by atoms with E-state index < -0.39 is 0 Å². The number of benzene rings is 1. The summed E-state index contributed by atoms with van der Waals surface area (Å²) in [4.78, 5) is 4.62. The summed E-state index contributed by atoms with van der Waals surface area (Å²) in [6.07, 6.45) is 1.00. The summed E-state index contributed by atoms with van der Waals surface area (Å²) in [6.45, 7) is 4.40. The molecule has 19 heavy (non-hydrogen) atoms. The zero-order valence-corrected chi connectivity index (χ0v) is 12.5. The molecule has 0 saturated heterocycles. The second-order valence-electron chi connectivity index (χ2n) is 5.02. The SMILES string of the molecule is CC(C)Cc1cc(=S)n(-c2nc3ccccc3s2)[nH]1. The van der Waals surface area contributed by atoms with Crippen molar-refractivity contribution in [1.29, 1.82) is 0 Å². The minimum Gasteiger partial charge on any atom is -0.295 e. The molecule has 3 rings (SSSR count). The van der Waals surface area contributed by atoms with Crippen LogP contribution in [-0.4, -0.2) is 14.8 Å². The highest BCUT2D eigenvalue weighted by molar-refractivity contribution is 7.71. The lowest BCUT2D eigenvalue weighted by Gasteiger charge is -2.01. The summed E-state index contributed by atoms with van der Waals surface area (Å²) >= 11 is 7.06. The first-order valence-corrected chi connectivity index (χ1v) is 7.53. The van der Waals surface area contributed by atoms with Crippen LogP contribution >= 0.6 is 23.6 Å². The quantitative estimate of drug-likeness (QED) is 0.728. The molecule has 0 atom stereocenters. The van der Waals surface area contributed by atoms with E-state index in [1.54, 1.807) is 11.3 Å². The number of thiazole rings is 1. The molecule has 0 radical (unpaired) electrons. The Bertz CT molecular complexity index is 731. The molecule has 1 N–H and O–H groups in total. The molecular formula is C14H15N3S2. The van der Waals surface area contributed by atoms with Gasteiger partial charge in [0.25, 0.3) is 0 Å². The fraction of sp³-hybridized carbons (Fsp3) is 0.286. The number of hydrogen-bond donors (Lipinski definition) is 1. The topological polar surface area (TPSA) is 33.6 Å². The average molecular weight is 289 g/mol. The van der Waals surface area contributed by atoms with Crippen LogP contribution < -0.4 is 0 Å². The van der Waals surface area contributed by atoms with E-state index in [2.05, 4.69) is 30.0 Å². The highest BCUT2D eigenvalue weighted by atomic mass is 32.1. The molecule has 0 saturated carbocycles. The van der Waals surface area contributed by atoms with E-state index in [1.165, 1.54) is 10.4 Å². The first kappa shape index (κ1) is 12.6. The summed E-state index contributed by atoms with van der Waals surface area (Å²) in [5.74, 6) is 0.608. The van der Waals surface area contributed by atoms with Gasteiger partial charge in [0.15, 0.2) is 0 Å². The summed E-state index contributed by atoms with van der Waals surface area (Å²) < 4.78 is 3.87. The molecule has 0 aliphatic carbocycles. The molecule has 2 heterocycles. The number of nitrogens with one attached hydrogen (secondary N) is 1. The fourth-order valence-corrected chi connectivity index (χ4v) is 3.36. The van der Waals surface area contributed by atoms with Crippen LogP contribution in [0, 0.1) is 10.6 Å². The maximum Gasteiger partial charge on any atom is 0.210 e. The number of fused-ring (bicyclic) bond motifs is 1. The summed E-state index contributed by atoms with van der Waals surface area (Å²) in [5.41, 5.74) is 2.18. The van der Waals surface area contributed by atoms with Crippen LogP contribution in [0.3, 0.4) is 0 Å². The van der Waals surface area contributed by atoms with E-state index in [0.29, 0.717) is 5.92 Å². The van der Waals surface area contributed by atoms with E-state index in [1.807, 2.05) is 28.9 Å². The van der Waals surface area contributed by atoms with Gasteiger partial charge in [0.1, 0.15) is 4.64 Å². The van der Waals surface area contributed by atoms with Crippen molar-refractivity contribution >= 4 is 33.8 Å². The Balaban J connectivity index is 2.06. The van der Waals surface area contributed by atoms with Crippen LogP contribution in [0.25, 0.3) is 15.3 Å². The van der Waals surface area contributed by atoms with Crippen molar-refractivity contribution in [2.24, 2.45) is 5.92 Å². The van der Waals surface area contributed by atoms with Gasteiger partial charge in [-0.3, -0.25) is 5.10 Å². The molecule has 0 spiro atoms. The number of rotatable bonds is 3. The van der Waals surface area contributed by atoms with Crippen molar-refractivity contribution < 1.29 is 0 Å². The van der Waals surface area contributed by atoms with E-state index in [-0.39, 0.29) is 0 Å². The number of aromatic amines is 1. The van der Waals surface area contributed by atoms with Gasteiger partial charge in [-0.05, 0) is 30.5 Å². The van der Waals surface area contributed by atoms with Gasteiger partial charge in [0.05, 0.1) is 10.2 Å². The smallest absolute Gasteiger partial charge is 0.210 e. The first-order chi connectivity index (χ1) is 9.13. The molecule has 2 aromatic heterocycles. The van der Waals surface area contributed by atoms with Gasteiger partial charge < -0.3 is 0 Å². The Hall–Kier alpha value is -1.46. The molecule has 0 fully saturated rings. The fourth-order valence-electron chi connectivity index (χ4n) is 2.09. The number of nitrogens with zero attached hydrogens (tertiary/aromatic N) is 2. The lowest BCUT2D eigenvalue weighted by atomic mass is 10.1.